The standard InChI is InChI=1S/C21H19N7/c1-13-3-4-16-18(11-13)27-21(26-16)14(2)24-20-12-17(15-5-8-22-9-6-15)25-19-7-10-23-28(19)20/h3-12,14,24H,1-2H3,(H,26,27)/t14-/m0/s1. The summed E-state index contributed by atoms with van der Waals surface area (Å²) >= 11 is 0. The lowest BCUT2D eigenvalue weighted by Crippen LogP contribution is -2.12. The zero-order valence-corrected chi connectivity index (χ0v) is 15.6. The topological polar surface area (TPSA) is 83.8 Å². The Hall–Kier alpha value is -3.74. The predicted molar refractivity (Wildman–Crippen MR) is 109 cm³/mol. The first kappa shape index (κ1) is 16.4. The summed E-state index contributed by atoms with van der Waals surface area (Å²) < 4.78 is 1.80. The molecule has 0 fully saturated rings. The Morgan fingerprint density at radius 3 is 2.71 bits per heavy atom. The Balaban J connectivity index is 1.53. The van der Waals surface area contributed by atoms with E-state index in [4.69, 9.17) is 9.97 Å². The number of nitrogens with one attached hydrogen (secondary N) is 2. The lowest BCUT2D eigenvalue weighted by atomic mass is 10.2. The van der Waals surface area contributed by atoms with Crippen LogP contribution >= 0.6 is 0 Å². The second-order valence-corrected chi connectivity index (χ2v) is 6.87. The number of nitrogens with zero attached hydrogens (tertiary/aromatic N) is 5. The molecule has 0 spiro atoms. The molecular weight excluding hydrogens is 350 g/mol. The molecule has 0 saturated carbocycles. The smallest absolute Gasteiger partial charge is 0.157 e. The molecule has 0 bridgehead atoms. The number of benzene rings is 1. The van der Waals surface area contributed by atoms with Crippen LogP contribution in [0.5, 0.6) is 0 Å². The first-order valence-electron chi connectivity index (χ1n) is 9.15. The maximum absolute atomic E-state index is 4.73. The third kappa shape index (κ3) is 2.87. The van der Waals surface area contributed by atoms with Crippen LogP contribution in [0.4, 0.5) is 5.82 Å². The van der Waals surface area contributed by atoms with Crippen molar-refractivity contribution < 1.29 is 0 Å². The maximum atomic E-state index is 4.73. The maximum Gasteiger partial charge on any atom is 0.157 e. The van der Waals surface area contributed by atoms with Gasteiger partial charge in [-0.3, -0.25) is 4.98 Å². The monoisotopic (exact) mass is 369 g/mol. The van der Waals surface area contributed by atoms with E-state index in [-0.39, 0.29) is 6.04 Å². The number of aromatic nitrogens is 6. The van der Waals surface area contributed by atoms with Crippen molar-refractivity contribution in [3.05, 3.63) is 72.4 Å². The summed E-state index contributed by atoms with van der Waals surface area (Å²) in [6.45, 7) is 4.15. The number of hydrogen-bond acceptors (Lipinski definition) is 5. The lowest BCUT2D eigenvalue weighted by molar-refractivity contribution is 0.792. The fourth-order valence-electron chi connectivity index (χ4n) is 3.32. The lowest BCUT2D eigenvalue weighted by Gasteiger charge is -2.15. The first-order chi connectivity index (χ1) is 13.7. The van der Waals surface area contributed by atoms with Crippen molar-refractivity contribution in [2.24, 2.45) is 0 Å². The van der Waals surface area contributed by atoms with Crippen molar-refractivity contribution in [1.29, 1.82) is 0 Å². The highest BCUT2D eigenvalue weighted by Gasteiger charge is 2.14. The largest absolute Gasteiger partial charge is 0.360 e. The second-order valence-electron chi connectivity index (χ2n) is 6.87. The number of aromatic amines is 1. The number of hydrogen-bond donors (Lipinski definition) is 2. The minimum atomic E-state index is -0.0344. The van der Waals surface area contributed by atoms with Crippen molar-refractivity contribution in [1.82, 2.24) is 29.5 Å². The van der Waals surface area contributed by atoms with E-state index in [0.29, 0.717) is 0 Å². The highest BCUT2D eigenvalue weighted by molar-refractivity contribution is 5.76. The molecule has 28 heavy (non-hydrogen) atoms. The minimum absolute atomic E-state index is 0.0344. The summed E-state index contributed by atoms with van der Waals surface area (Å²) in [5.41, 5.74) is 5.87. The summed E-state index contributed by atoms with van der Waals surface area (Å²) in [4.78, 5) is 16.9. The van der Waals surface area contributed by atoms with Gasteiger partial charge < -0.3 is 10.3 Å². The van der Waals surface area contributed by atoms with Gasteiger partial charge in [-0.2, -0.15) is 9.61 Å². The Morgan fingerprint density at radius 1 is 1.00 bits per heavy atom. The van der Waals surface area contributed by atoms with Crippen molar-refractivity contribution >= 4 is 22.5 Å². The minimum Gasteiger partial charge on any atom is -0.360 e. The van der Waals surface area contributed by atoms with Gasteiger partial charge in [-0.25, -0.2) is 9.97 Å². The molecule has 1 atom stereocenters. The van der Waals surface area contributed by atoms with E-state index >= 15 is 0 Å². The summed E-state index contributed by atoms with van der Waals surface area (Å²) in [6.07, 6.45) is 5.28. The van der Waals surface area contributed by atoms with Gasteiger partial charge in [0.15, 0.2) is 5.65 Å². The SMILES string of the molecule is Cc1ccc2nc([C@H](C)Nc3cc(-c4ccncc4)nc4ccnn34)[nH]c2c1. The Bertz CT molecular complexity index is 1270. The van der Waals surface area contributed by atoms with E-state index in [1.54, 1.807) is 23.1 Å². The van der Waals surface area contributed by atoms with Crippen LogP contribution in [0.25, 0.3) is 27.9 Å². The third-order valence-electron chi connectivity index (χ3n) is 4.77. The molecule has 5 rings (SSSR count). The molecule has 0 amide bonds. The van der Waals surface area contributed by atoms with Gasteiger partial charge >= 0.3 is 0 Å². The van der Waals surface area contributed by atoms with Gasteiger partial charge in [-0.15, -0.1) is 0 Å². The van der Waals surface area contributed by atoms with Gasteiger partial charge in [0.05, 0.1) is 29.0 Å². The average molecular weight is 369 g/mol. The number of fused-ring (bicyclic) bond motifs is 2. The second kappa shape index (κ2) is 6.45. The molecule has 0 saturated heterocycles. The van der Waals surface area contributed by atoms with Crippen LogP contribution < -0.4 is 5.32 Å². The van der Waals surface area contributed by atoms with Gasteiger partial charge in [0.1, 0.15) is 11.6 Å². The molecule has 4 aromatic heterocycles. The first-order valence-corrected chi connectivity index (χ1v) is 9.15. The van der Waals surface area contributed by atoms with Crippen molar-refractivity contribution in [3.8, 4) is 11.3 Å². The van der Waals surface area contributed by atoms with Gasteiger partial charge in [-0.1, -0.05) is 6.07 Å². The van der Waals surface area contributed by atoms with Gasteiger partial charge in [0.25, 0.3) is 0 Å². The molecule has 1 aromatic carbocycles. The zero-order valence-electron chi connectivity index (χ0n) is 15.6. The van der Waals surface area contributed by atoms with E-state index in [2.05, 4.69) is 46.4 Å². The van der Waals surface area contributed by atoms with Crippen LogP contribution in [0.2, 0.25) is 0 Å². The van der Waals surface area contributed by atoms with Gasteiger partial charge in [0.2, 0.25) is 0 Å². The number of anilines is 1. The van der Waals surface area contributed by atoms with E-state index in [9.17, 15) is 0 Å². The molecular formula is C21H19N7. The Labute approximate surface area is 161 Å². The van der Waals surface area contributed by atoms with Gasteiger partial charge in [-0.05, 0) is 43.7 Å². The number of aryl methyl sites for hydroxylation is 1. The molecule has 7 nitrogen and oxygen atoms in total. The normalized spacial score (nSPS) is 12.5. The number of rotatable bonds is 4. The van der Waals surface area contributed by atoms with Crippen LogP contribution in [-0.2, 0) is 0 Å². The number of H-pyrrole nitrogens is 1. The molecule has 138 valence electrons. The van der Waals surface area contributed by atoms with Crippen LogP contribution in [0.15, 0.2) is 61.1 Å². The predicted octanol–water partition coefficient (Wildman–Crippen LogP) is 4.15. The fourth-order valence-corrected chi connectivity index (χ4v) is 3.32. The van der Waals surface area contributed by atoms with E-state index in [1.165, 1.54) is 5.56 Å². The highest BCUT2D eigenvalue weighted by atomic mass is 15.3. The molecule has 5 aromatic rings. The molecule has 4 heterocycles. The quantitative estimate of drug-likeness (QED) is 0.497. The van der Waals surface area contributed by atoms with E-state index < -0.39 is 0 Å². The average Bonchev–Trinajstić information content (AvgIpc) is 3.35. The van der Waals surface area contributed by atoms with Crippen LogP contribution in [0, 0.1) is 6.92 Å². The Kier molecular flexibility index (Phi) is 3.79. The van der Waals surface area contributed by atoms with Crippen LogP contribution in [-0.4, -0.2) is 29.5 Å². The third-order valence-corrected chi connectivity index (χ3v) is 4.77. The van der Waals surface area contributed by atoms with E-state index in [1.807, 2.05) is 30.3 Å². The molecule has 7 heteroatoms. The molecule has 0 aliphatic carbocycles. The molecule has 2 N–H and O–H groups in total. The Morgan fingerprint density at radius 2 is 1.86 bits per heavy atom. The van der Waals surface area contributed by atoms with Crippen molar-refractivity contribution in [2.45, 2.75) is 19.9 Å². The summed E-state index contributed by atoms with van der Waals surface area (Å²) in [6, 6.07) is 14.0. The fraction of sp³-hybridized carbons (Fsp3) is 0.143. The van der Waals surface area contributed by atoms with Crippen molar-refractivity contribution in [3.63, 3.8) is 0 Å². The summed E-state index contributed by atoms with van der Waals surface area (Å²) in [7, 11) is 0. The van der Waals surface area contributed by atoms with Crippen LogP contribution in [0.3, 0.4) is 0 Å². The molecule has 0 aliphatic heterocycles. The summed E-state index contributed by atoms with van der Waals surface area (Å²) in [5.74, 6) is 1.73. The number of pyridine rings is 1. The van der Waals surface area contributed by atoms with Crippen molar-refractivity contribution in [2.75, 3.05) is 5.32 Å². The van der Waals surface area contributed by atoms with Crippen LogP contribution in [0.1, 0.15) is 24.4 Å². The van der Waals surface area contributed by atoms with Gasteiger partial charge in [0, 0.05) is 30.1 Å². The number of imidazole rings is 1. The zero-order chi connectivity index (χ0) is 19.1. The van der Waals surface area contributed by atoms with E-state index in [0.717, 1.165) is 39.6 Å². The summed E-state index contributed by atoms with van der Waals surface area (Å²) in [5, 5.41) is 7.93. The molecule has 0 unspecified atom stereocenters. The molecule has 0 aliphatic rings. The molecule has 0 radical (unpaired) electrons. The highest BCUT2D eigenvalue weighted by Crippen LogP contribution is 2.25.